The highest BCUT2D eigenvalue weighted by Gasteiger charge is 2.66. The van der Waals surface area contributed by atoms with Gasteiger partial charge in [-0.05, 0) is 19.1 Å². The van der Waals surface area contributed by atoms with Crippen LogP contribution in [0.25, 0.3) is 5.69 Å². The third-order valence-electron chi connectivity index (χ3n) is 4.47. The van der Waals surface area contributed by atoms with E-state index in [1.165, 1.54) is 16.8 Å². The van der Waals surface area contributed by atoms with Gasteiger partial charge in [-0.2, -0.15) is 22.7 Å². The number of rotatable bonds is 2. The summed E-state index contributed by atoms with van der Waals surface area (Å²) in [7, 11) is 0. The second-order valence-electron chi connectivity index (χ2n) is 6.17. The van der Waals surface area contributed by atoms with Crippen molar-refractivity contribution in [3.05, 3.63) is 35.5 Å². The number of fused-ring (bicyclic) bond motifs is 1. The third-order valence-corrected chi connectivity index (χ3v) is 4.47. The van der Waals surface area contributed by atoms with Crippen molar-refractivity contribution in [2.45, 2.75) is 19.0 Å². The summed E-state index contributed by atoms with van der Waals surface area (Å²) < 4.78 is 59.8. The van der Waals surface area contributed by atoms with Crippen LogP contribution in [0.2, 0.25) is 0 Å². The zero-order chi connectivity index (χ0) is 17.8. The molecular formula is C16H16F4N4O. The molecule has 0 aliphatic carbocycles. The molecule has 0 amide bonds. The highest BCUT2D eigenvalue weighted by molar-refractivity contribution is 5.51. The van der Waals surface area contributed by atoms with Gasteiger partial charge in [-0.25, -0.2) is 4.68 Å². The van der Waals surface area contributed by atoms with Crippen LogP contribution in [-0.2, 0) is 5.92 Å². The number of nitrogens with zero attached hydrogens (tertiary/aromatic N) is 3. The number of piperazine rings is 1. The Morgan fingerprint density at radius 2 is 1.84 bits per heavy atom. The van der Waals surface area contributed by atoms with Crippen molar-refractivity contribution in [1.29, 1.82) is 0 Å². The van der Waals surface area contributed by atoms with E-state index in [-0.39, 0.29) is 0 Å². The molecule has 134 valence electrons. The fourth-order valence-corrected chi connectivity index (χ4v) is 3.11. The fourth-order valence-electron chi connectivity index (χ4n) is 3.11. The number of halogens is 4. The van der Waals surface area contributed by atoms with Gasteiger partial charge in [0.1, 0.15) is 5.75 Å². The minimum absolute atomic E-state index is 0.395. The van der Waals surface area contributed by atoms with Crippen molar-refractivity contribution >= 4 is 5.82 Å². The van der Waals surface area contributed by atoms with Gasteiger partial charge in [0.2, 0.25) is 0 Å². The molecule has 2 aliphatic heterocycles. The van der Waals surface area contributed by atoms with Crippen molar-refractivity contribution in [3.63, 3.8) is 0 Å². The minimum Gasteiger partial charge on any atom is -0.427 e. The third kappa shape index (κ3) is 2.45. The van der Waals surface area contributed by atoms with Crippen molar-refractivity contribution in [2.24, 2.45) is 0 Å². The Morgan fingerprint density at radius 3 is 2.56 bits per heavy atom. The maximum absolute atomic E-state index is 13.7. The zero-order valence-corrected chi connectivity index (χ0v) is 13.4. The molecule has 1 aromatic carbocycles. The predicted octanol–water partition coefficient (Wildman–Crippen LogP) is 2.67. The van der Waals surface area contributed by atoms with Gasteiger partial charge >= 0.3 is 12.0 Å². The summed E-state index contributed by atoms with van der Waals surface area (Å²) in [4.78, 5) is 2.10. The van der Waals surface area contributed by atoms with Gasteiger partial charge in [0.25, 0.3) is 0 Å². The zero-order valence-electron chi connectivity index (χ0n) is 13.4. The van der Waals surface area contributed by atoms with Crippen LogP contribution in [0.15, 0.2) is 24.3 Å². The molecular weight excluding hydrogens is 340 g/mol. The van der Waals surface area contributed by atoms with Crippen LogP contribution >= 0.6 is 0 Å². The number of ether oxygens (including phenoxy) is 1. The smallest absolute Gasteiger partial charge is 0.427 e. The number of anilines is 1. The van der Waals surface area contributed by atoms with Crippen LogP contribution in [0.4, 0.5) is 23.4 Å². The summed E-state index contributed by atoms with van der Waals surface area (Å²) in [5, 5.41) is 7.73. The van der Waals surface area contributed by atoms with E-state index in [0.717, 1.165) is 43.8 Å². The molecule has 25 heavy (non-hydrogen) atoms. The summed E-state index contributed by atoms with van der Waals surface area (Å²) >= 11 is 0. The van der Waals surface area contributed by atoms with Crippen LogP contribution in [0.5, 0.6) is 5.75 Å². The summed E-state index contributed by atoms with van der Waals surface area (Å²) in [6.45, 7) is 5.13. The van der Waals surface area contributed by atoms with E-state index in [0.29, 0.717) is 5.69 Å². The molecule has 1 aromatic heterocycles. The number of alkyl halides is 4. The molecule has 0 unspecified atom stereocenters. The Kier molecular flexibility index (Phi) is 3.47. The van der Waals surface area contributed by atoms with Crippen molar-refractivity contribution < 1.29 is 22.3 Å². The first kappa shape index (κ1) is 16.2. The number of benzene rings is 1. The number of aryl methyl sites for hydroxylation is 1. The first-order valence-corrected chi connectivity index (χ1v) is 7.91. The molecule has 1 saturated heterocycles. The SMILES string of the molecule is Cc1cc(N2CCNCC2)nn1-c1ccc2c(c1)OC(F)(F)C2(F)F. The maximum atomic E-state index is 13.7. The van der Waals surface area contributed by atoms with E-state index >= 15 is 0 Å². The summed E-state index contributed by atoms with van der Waals surface area (Å²) in [5.74, 6) is -4.10. The lowest BCUT2D eigenvalue weighted by Gasteiger charge is -2.27. The normalized spacial score (nSPS) is 21.1. The molecule has 0 spiro atoms. The molecule has 3 heterocycles. The molecule has 5 nitrogen and oxygen atoms in total. The first-order valence-electron chi connectivity index (χ1n) is 7.91. The van der Waals surface area contributed by atoms with E-state index in [1.54, 1.807) is 0 Å². The number of hydrogen-bond donors (Lipinski definition) is 1. The van der Waals surface area contributed by atoms with Gasteiger partial charge < -0.3 is 15.0 Å². The fraction of sp³-hybridized carbons (Fsp3) is 0.438. The molecule has 4 rings (SSSR count). The Morgan fingerprint density at radius 1 is 1.12 bits per heavy atom. The molecule has 0 bridgehead atoms. The summed E-state index contributed by atoms with van der Waals surface area (Å²) in [6, 6.07) is 5.37. The van der Waals surface area contributed by atoms with Gasteiger partial charge in [0, 0.05) is 44.0 Å². The van der Waals surface area contributed by atoms with Crippen molar-refractivity contribution in [2.75, 3.05) is 31.1 Å². The quantitative estimate of drug-likeness (QED) is 0.841. The molecule has 1 fully saturated rings. The lowest BCUT2D eigenvalue weighted by atomic mass is 10.1. The highest BCUT2D eigenvalue weighted by atomic mass is 19.3. The van der Waals surface area contributed by atoms with E-state index in [1.807, 2.05) is 13.0 Å². The van der Waals surface area contributed by atoms with E-state index < -0.39 is 23.3 Å². The standard InChI is InChI=1S/C16H16F4N4O/c1-10-8-14(23-6-4-21-5-7-23)22-24(10)11-2-3-12-13(9-11)25-16(19,20)15(12,17)18/h2-3,8-9,21H,4-7H2,1H3. The molecule has 9 heteroatoms. The molecule has 0 atom stereocenters. The van der Waals surface area contributed by atoms with Crippen LogP contribution in [-0.4, -0.2) is 42.1 Å². The lowest BCUT2D eigenvalue weighted by molar-refractivity contribution is -0.296. The topological polar surface area (TPSA) is 42.3 Å². The average Bonchev–Trinajstić information content (AvgIpc) is 3.04. The van der Waals surface area contributed by atoms with Crippen molar-refractivity contribution in [3.8, 4) is 11.4 Å². The van der Waals surface area contributed by atoms with Gasteiger partial charge in [0.15, 0.2) is 5.82 Å². The van der Waals surface area contributed by atoms with E-state index in [4.69, 9.17) is 0 Å². The van der Waals surface area contributed by atoms with Crippen molar-refractivity contribution in [1.82, 2.24) is 15.1 Å². The van der Waals surface area contributed by atoms with E-state index in [9.17, 15) is 17.6 Å². The van der Waals surface area contributed by atoms with Gasteiger partial charge in [-0.3, -0.25) is 0 Å². The maximum Gasteiger partial charge on any atom is 0.469 e. The second-order valence-corrected chi connectivity index (χ2v) is 6.17. The van der Waals surface area contributed by atoms with Gasteiger partial charge in [0.05, 0.1) is 11.3 Å². The second kappa shape index (κ2) is 5.35. The summed E-state index contributed by atoms with van der Waals surface area (Å²) in [5.41, 5.74) is 0.351. The summed E-state index contributed by atoms with van der Waals surface area (Å²) in [6.07, 6.45) is -4.54. The van der Waals surface area contributed by atoms with Gasteiger partial charge in [-0.1, -0.05) is 0 Å². The monoisotopic (exact) mass is 356 g/mol. The van der Waals surface area contributed by atoms with Crippen LogP contribution in [0, 0.1) is 6.92 Å². The van der Waals surface area contributed by atoms with Gasteiger partial charge in [-0.15, -0.1) is 0 Å². The van der Waals surface area contributed by atoms with Crippen LogP contribution < -0.4 is 15.0 Å². The Labute approximate surface area is 141 Å². The molecule has 0 saturated carbocycles. The number of aromatic nitrogens is 2. The number of hydrogen-bond acceptors (Lipinski definition) is 4. The largest absolute Gasteiger partial charge is 0.469 e. The average molecular weight is 356 g/mol. The minimum atomic E-state index is -4.54. The Balaban J connectivity index is 1.69. The molecule has 1 N–H and O–H groups in total. The van der Waals surface area contributed by atoms with E-state index in [2.05, 4.69) is 20.1 Å². The van der Waals surface area contributed by atoms with Crippen LogP contribution in [0.3, 0.4) is 0 Å². The molecule has 0 radical (unpaired) electrons. The highest BCUT2D eigenvalue weighted by Crippen LogP contribution is 2.53. The first-order chi connectivity index (χ1) is 11.8. The number of nitrogens with one attached hydrogen (secondary N) is 1. The van der Waals surface area contributed by atoms with Crippen LogP contribution in [0.1, 0.15) is 11.3 Å². The lowest BCUT2D eigenvalue weighted by Crippen LogP contribution is -2.43. The molecule has 2 aliphatic rings. The Bertz CT molecular complexity index is 814. The molecule has 2 aromatic rings. The predicted molar refractivity (Wildman–Crippen MR) is 82.9 cm³/mol. The Hall–Kier alpha value is -2.29.